The number of phenolic OH excluding ortho intramolecular Hbond substituents is 1. The molecular weight excluding hydrogens is 376 g/mol. The number of rotatable bonds is 6. The maximum absolute atomic E-state index is 12.4. The van der Waals surface area contributed by atoms with Gasteiger partial charge in [0.1, 0.15) is 22.6 Å². The summed E-state index contributed by atoms with van der Waals surface area (Å²) in [4.78, 5) is 24.9. The monoisotopic (exact) mass is 394 g/mol. The van der Waals surface area contributed by atoms with Crippen LogP contribution in [0, 0.1) is 0 Å². The average Bonchev–Trinajstić information content (AvgIpc) is 2.76. The van der Waals surface area contributed by atoms with Gasteiger partial charge in [-0.05, 0) is 36.4 Å². The van der Waals surface area contributed by atoms with Gasteiger partial charge in [-0.1, -0.05) is 30.3 Å². The number of hydrogen-bond acceptors (Lipinski definition) is 7. The van der Waals surface area contributed by atoms with Crippen molar-refractivity contribution in [3.05, 3.63) is 77.9 Å². The zero-order chi connectivity index (χ0) is 20.8. The van der Waals surface area contributed by atoms with Gasteiger partial charge in [0.05, 0.1) is 14.2 Å². The summed E-state index contributed by atoms with van der Waals surface area (Å²) in [6.07, 6.45) is 0. The van der Waals surface area contributed by atoms with Crippen LogP contribution in [0.25, 0.3) is 0 Å². The Morgan fingerprint density at radius 3 is 1.41 bits per heavy atom. The van der Waals surface area contributed by atoms with Crippen molar-refractivity contribution in [2.45, 2.75) is 0 Å². The van der Waals surface area contributed by atoms with Crippen LogP contribution in [0.1, 0.15) is 20.7 Å². The molecule has 148 valence electrons. The number of aromatic hydroxyl groups is 1. The van der Waals surface area contributed by atoms with Gasteiger partial charge in [0, 0.05) is 0 Å². The number of hydrogen-bond donors (Lipinski definition) is 1. The van der Waals surface area contributed by atoms with Crippen molar-refractivity contribution in [3.63, 3.8) is 0 Å². The van der Waals surface area contributed by atoms with Gasteiger partial charge >= 0.3 is 11.9 Å². The first-order valence-electron chi connectivity index (χ1n) is 8.57. The van der Waals surface area contributed by atoms with Crippen LogP contribution >= 0.6 is 0 Å². The summed E-state index contributed by atoms with van der Waals surface area (Å²) in [5.74, 6) is -1.61. The molecule has 29 heavy (non-hydrogen) atoms. The number of para-hydroxylation sites is 3. The van der Waals surface area contributed by atoms with Gasteiger partial charge in [-0.25, -0.2) is 9.59 Å². The smallest absolute Gasteiger partial charge is 0.347 e. The van der Waals surface area contributed by atoms with Crippen LogP contribution in [-0.2, 0) is 0 Å². The van der Waals surface area contributed by atoms with Crippen LogP contribution in [0.2, 0.25) is 0 Å². The second-order valence-electron chi connectivity index (χ2n) is 5.78. The first kappa shape index (κ1) is 19.8. The van der Waals surface area contributed by atoms with E-state index >= 15 is 0 Å². The third-order valence-electron chi connectivity index (χ3n) is 4.02. The molecule has 0 saturated carbocycles. The van der Waals surface area contributed by atoms with Crippen LogP contribution in [0.3, 0.4) is 0 Å². The van der Waals surface area contributed by atoms with Gasteiger partial charge in [-0.15, -0.1) is 0 Å². The first-order chi connectivity index (χ1) is 14.0. The number of benzene rings is 3. The maximum Gasteiger partial charge on any atom is 0.347 e. The molecular formula is C22H18O7. The molecule has 0 bridgehead atoms. The number of methoxy groups -OCH3 is 2. The second-order valence-corrected chi connectivity index (χ2v) is 5.78. The standard InChI is InChI=1S/C22H18O7/c1-26-16-10-5-3-8-14(16)21(24)28-18-12-7-13-19(20(18)23)29-22(25)15-9-4-6-11-17(15)27-2/h3-13,23H,1-2H3. The lowest BCUT2D eigenvalue weighted by atomic mass is 10.2. The number of phenols is 1. The van der Waals surface area contributed by atoms with Crippen LogP contribution < -0.4 is 18.9 Å². The largest absolute Gasteiger partial charge is 0.502 e. The van der Waals surface area contributed by atoms with Gasteiger partial charge in [-0.3, -0.25) is 0 Å². The Labute approximate surface area is 167 Å². The predicted molar refractivity (Wildman–Crippen MR) is 104 cm³/mol. The lowest BCUT2D eigenvalue weighted by Crippen LogP contribution is -2.12. The molecule has 3 aromatic rings. The Balaban J connectivity index is 1.83. The SMILES string of the molecule is COc1ccccc1C(=O)Oc1cccc(OC(=O)c2ccccc2OC)c1O. The van der Waals surface area contributed by atoms with Crippen molar-refractivity contribution in [3.8, 4) is 28.7 Å². The predicted octanol–water partition coefficient (Wildman–Crippen LogP) is 3.85. The molecule has 0 saturated heterocycles. The number of esters is 2. The molecule has 0 atom stereocenters. The number of carbonyl (C=O) groups is 2. The van der Waals surface area contributed by atoms with E-state index in [9.17, 15) is 14.7 Å². The quantitative estimate of drug-likeness (QED) is 0.502. The van der Waals surface area contributed by atoms with Crippen LogP contribution in [0.4, 0.5) is 0 Å². The fourth-order valence-corrected chi connectivity index (χ4v) is 2.60. The molecule has 3 rings (SSSR count). The normalized spacial score (nSPS) is 10.1. The van der Waals surface area contributed by atoms with Crippen molar-refractivity contribution in [2.75, 3.05) is 14.2 Å². The molecule has 0 radical (unpaired) electrons. The summed E-state index contributed by atoms with van der Waals surface area (Å²) >= 11 is 0. The zero-order valence-corrected chi connectivity index (χ0v) is 15.7. The molecule has 0 aliphatic carbocycles. The van der Waals surface area contributed by atoms with Gasteiger partial charge < -0.3 is 24.1 Å². The van der Waals surface area contributed by atoms with Gasteiger partial charge in [0.25, 0.3) is 0 Å². The van der Waals surface area contributed by atoms with Crippen LogP contribution in [0.15, 0.2) is 66.7 Å². The summed E-state index contributed by atoms with van der Waals surface area (Å²) in [6.45, 7) is 0. The number of ether oxygens (including phenoxy) is 4. The highest BCUT2D eigenvalue weighted by Crippen LogP contribution is 2.37. The highest BCUT2D eigenvalue weighted by atomic mass is 16.6. The second kappa shape index (κ2) is 8.79. The minimum absolute atomic E-state index is 0.161. The molecule has 0 amide bonds. The Morgan fingerprint density at radius 1 is 0.621 bits per heavy atom. The third kappa shape index (κ3) is 4.30. The lowest BCUT2D eigenvalue weighted by molar-refractivity contribution is 0.0719. The van der Waals surface area contributed by atoms with Crippen molar-refractivity contribution in [2.24, 2.45) is 0 Å². The van der Waals surface area contributed by atoms with E-state index in [-0.39, 0.29) is 22.6 Å². The maximum atomic E-state index is 12.4. The Kier molecular flexibility index (Phi) is 5.99. The van der Waals surface area contributed by atoms with E-state index in [1.54, 1.807) is 36.4 Å². The van der Waals surface area contributed by atoms with Crippen molar-refractivity contribution in [1.82, 2.24) is 0 Å². The van der Waals surface area contributed by atoms with E-state index in [4.69, 9.17) is 18.9 Å². The first-order valence-corrected chi connectivity index (χ1v) is 8.57. The molecule has 7 heteroatoms. The van der Waals surface area contributed by atoms with E-state index < -0.39 is 17.7 Å². The summed E-state index contributed by atoms with van der Waals surface area (Å²) in [5, 5.41) is 10.4. The molecule has 0 aliphatic heterocycles. The Morgan fingerprint density at radius 2 is 1.00 bits per heavy atom. The molecule has 0 heterocycles. The summed E-state index contributed by atoms with van der Waals surface area (Å²) in [7, 11) is 2.86. The average molecular weight is 394 g/mol. The highest BCUT2D eigenvalue weighted by Gasteiger charge is 2.20. The molecule has 3 aromatic carbocycles. The minimum atomic E-state index is -0.731. The zero-order valence-electron chi connectivity index (χ0n) is 15.7. The summed E-state index contributed by atoms with van der Waals surface area (Å²) in [5.41, 5.74) is 0.372. The topological polar surface area (TPSA) is 91.3 Å². The Bertz CT molecular complexity index is 963. The van der Waals surface area contributed by atoms with Gasteiger partial charge in [0.2, 0.25) is 5.75 Å². The summed E-state index contributed by atoms with van der Waals surface area (Å²) in [6, 6.07) is 17.3. The third-order valence-corrected chi connectivity index (χ3v) is 4.02. The van der Waals surface area contributed by atoms with E-state index in [1.807, 2.05) is 0 Å². The van der Waals surface area contributed by atoms with Gasteiger partial charge in [0.15, 0.2) is 11.5 Å². The van der Waals surface area contributed by atoms with E-state index in [0.717, 1.165) is 0 Å². The Hall–Kier alpha value is -4.00. The van der Waals surface area contributed by atoms with Crippen LogP contribution in [0.5, 0.6) is 28.7 Å². The van der Waals surface area contributed by atoms with Crippen molar-refractivity contribution in [1.29, 1.82) is 0 Å². The fourth-order valence-electron chi connectivity index (χ4n) is 2.60. The molecule has 0 spiro atoms. The minimum Gasteiger partial charge on any atom is -0.502 e. The fraction of sp³-hybridized carbons (Fsp3) is 0.0909. The molecule has 0 aromatic heterocycles. The lowest BCUT2D eigenvalue weighted by Gasteiger charge is -2.12. The van der Waals surface area contributed by atoms with Gasteiger partial charge in [-0.2, -0.15) is 0 Å². The number of carbonyl (C=O) groups excluding carboxylic acids is 2. The van der Waals surface area contributed by atoms with E-state index in [1.165, 1.54) is 44.6 Å². The van der Waals surface area contributed by atoms with Crippen molar-refractivity contribution < 1.29 is 33.6 Å². The molecule has 0 aliphatic rings. The molecule has 0 unspecified atom stereocenters. The molecule has 7 nitrogen and oxygen atoms in total. The van der Waals surface area contributed by atoms with E-state index in [0.29, 0.717) is 11.5 Å². The molecule has 0 fully saturated rings. The van der Waals surface area contributed by atoms with E-state index in [2.05, 4.69) is 0 Å². The highest BCUT2D eigenvalue weighted by molar-refractivity contribution is 5.95. The van der Waals surface area contributed by atoms with Crippen LogP contribution in [-0.4, -0.2) is 31.3 Å². The summed E-state index contributed by atoms with van der Waals surface area (Å²) < 4.78 is 20.8. The molecule has 1 N–H and O–H groups in total. The van der Waals surface area contributed by atoms with Crippen molar-refractivity contribution >= 4 is 11.9 Å².